The molecule has 0 unspecified atom stereocenters. The lowest BCUT2D eigenvalue weighted by Gasteiger charge is -2.15. The number of anilines is 2. The number of para-hydroxylation sites is 1. The quantitative estimate of drug-likeness (QED) is 0.245. The number of pyridine rings is 1. The van der Waals surface area contributed by atoms with Gasteiger partial charge in [0.1, 0.15) is 5.71 Å². The molecule has 0 saturated carbocycles. The molecule has 1 amide bonds. The zero-order valence-electron chi connectivity index (χ0n) is 17.4. The summed E-state index contributed by atoms with van der Waals surface area (Å²) in [4.78, 5) is 15.9. The molecule has 35 heavy (non-hydrogen) atoms. The molecule has 1 heterocycles. The van der Waals surface area contributed by atoms with Crippen molar-refractivity contribution >= 4 is 40.3 Å². The Morgan fingerprint density at radius 3 is 2.11 bits per heavy atom. The first-order chi connectivity index (χ1) is 16.4. The standard InChI is InChI=1S/C23H15ClF6N4O/c24-16-3-1-2-4-18(16)33-19(11-20(31)23(28,29)30)13-5-7-14(8-6-13)21(35)34-17-9-10-32-12-15(17)22(25,26)27/h1-12,31,33H,(H,32,34,35)/b19-11-,31-20?. The molecule has 0 aliphatic heterocycles. The van der Waals surface area contributed by atoms with E-state index in [1.165, 1.54) is 36.4 Å². The minimum atomic E-state index is -4.91. The highest BCUT2D eigenvalue weighted by atomic mass is 35.5. The summed E-state index contributed by atoms with van der Waals surface area (Å²) < 4.78 is 78.3. The molecule has 12 heteroatoms. The number of alkyl halides is 6. The number of nitrogens with zero attached hydrogens (tertiary/aromatic N) is 1. The van der Waals surface area contributed by atoms with Crippen molar-refractivity contribution in [2.45, 2.75) is 12.4 Å². The van der Waals surface area contributed by atoms with E-state index in [0.29, 0.717) is 12.3 Å². The van der Waals surface area contributed by atoms with Crippen molar-refractivity contribution in [3.8, 4) is 0 Å². The fourth-order valence-electron chi connectivity index (χ4n) is 2.85. The van der Waals surface area contributed by atoms with Gasteiger partial charge in [-0.1, -0.05) is 35.9 Å². The first-order valence-corrected chi connectivity index (χ1v) is 10.1. The van der Waals surface area contributed by atoms with Crippen molar-refractivity contribution in [3.05, 3.63) is 94.8 Å². The van der Waals surface area contributed by atoms with Crippen LogP contribution in [0, 0.1) is 5.41 Å². The number of allylic oxidation sites excluding steroid dienone is 1. The maximum Gasteiger partial charge on any atom is 0.432 e. The lowest BCUT2D eigenvalue weighted by Crippen LogP contribution is -2.20. The second-order valence-corrected chi connectivity index (χ2v) is 7.43. The fourth-order valence-corrected chi connectivity index (χ4v) is 3.03. The minimum absolute atomic E-state index is 0.0540. The molecule has 5 nitrogen and oxygen atoms in total. The predicted molar refractivity (Wildman–Crippen MR) is 120 cm³/mol. The molecule has 0 spiro atoms. The minimum Gasteiger partial charge on any atom is -0.354 e. The van der Waals surface area contributed by atoms with Gasteiger partial charge in [0, 0.05) is 23.7 Å². The molecule has 0 fully saturated rings. The van der Waals surface area contributed by atoms with Gasteiger partial charge in [-0.05, 0) is 42.0 Å². The van der Waals surface area contributed by atoms with Crippen LogP contribution < -0.4 is 10.6 Å². The Morgan fingerprint density at radius 2 is 1.51 bits per heavy atom. The van der Waals surface area contributed by atoms with E-state index in [1.54, 1.807) is 12.1 Å². The van der Waals surface area contributed by atoms with Crippen LogP contribution in [0.4, 0.5) is 37.7 Å². The molecule has 0 aliphatic carbocycles. The van der Waals surface area contributed by atoms with Gasteiger partial charge in [-0.2, -0.15) is 26.3 Å². The summed E-state index contributed by atoms with van der Waals surface area (Å²) in [5.41, 5.74) is -3.02. The summed E-state index contributed by atoms with van der Waals surface area (Å²) in [6.07, 6.45) is -7.43. The summed E-state index contributed by atoms with van der Waals surface area (Å²) in [6.45, 7) is 0. The second-order valence-electron chi connectivity index (χ2n) is 7.02. The predicted octanol–water partition coefficient (Wildman–Crippen LogP) is 7.04. The fraction of sp³-hybridized carbons (Fsp3) is 0.0870. The first-order valence-electron chi connectivity index (χ1n) is 9.68. The van der Waals surface area contributed by atoms with E-state index in [1.807, 2.05) is 0 Å². The van der Waals surface area contributed by atoms with Crippen LogP contribution >= 0.6 is 11.6 Å². The second kappa shape index (κ2) is 10.2. The van der Waals surface area contributed by atoms with Crippen molar-refractivity contribution in [2.75, 3.05) is 10.6 Å². The molecule has 3 aromatic rings. The first kappa shape index (κ1) is 25.8. The van der Waals surface area contributed by atoms with Gasteiger partial charge < -0.3 is 10.6 Å². The number of benzene rings is 2. The average molecular weight is 513 g/mol. The molecule has 3 N–H and O–H groups in total. The maximum absolute atomic E-state index is 13.1. The highest BCUT2D eigenvalue weighted by molar-refractivity contribution is 6.33. The van der Waals surface area contributed by atoms with Gasteiger partial charge in [-0.25, -0.2) is 0 Å². The summed E-state index contributed by atoms with van der Waals surface area (Å²) in [5.74, 6) is -0.874. The van der Waals surface area contributed by atoms with Crippen LogP contribution in [0.15, 0.2) is 73.1 Å². The number of hydrogen-bond acceptors (Lipinski definition) is 4. The topological polar surface area (TPSA) is 77.9 Å². The number of aromatic nitrogens is 1. The van der Waals surface area contributed by atoms with Crippen molar-refractivity contribution in [1.29, 1.82) is 5.41 Å². The third-order valence-corrected chi connectivity index (χ3v) is 4.90. The summed E-state index contributed by atoms with van der Waals surface area (Å²) in [5, 5.41) is 12.4. The summed E-state index contributed by atoms with van der Waals surface area (Å²) >= 11 is 6.07. The highest BCUT2D eigenvalue weighted by Gasteiger charge is 2.34. The van der Waals surface area contributed by atoms with E-state index in [4.69, 9.17) is 17.0 Å². The number of carbonyl (C=O) groups is 1. The Bertz CT molecular complexity index is 1270. The van der Waals surface area contributed by atoms with Gasteiger partial charge in [0.2, 0.25) is 0 Å². The molecule has 0 aliphatic rings. The molecular weight excluding hydrogens is 498 g/mol. The van der Waals surface area contributed by atoms with E-state index >= 15 is 0 Å². The Hall–Kier alpha value is -3.86. The lowest BCUT2D eigenvalue weighted by molar-refractivity contribution is -0.137. The maximum atomic E-state index is 13.1. The van der Waals surface area contributed by atoms with Gasteiger partial charge in [0.15, 0.2) is 0 Å². The third-order valence-electron chi connectivity index (χ3n) is 4.57. The Balaban J connectivity index is 1.90. The Kier molecular flexibility index (Phi) is 7.49. The van der Waals surface area contributed by atoms with Crippen LogP contribution in [0.25, 0.3) is 5.70 Å². The molecule has 0 bridgehead atoms. The van der Waals surface area contributed by atoms with Crippen molar-refractivity contribution < 1.29 is 31.1 Å². The number of hydrogen-bond donors (Lipinski definition) is 3. The van der Waals surface area contributed by atoms with Gasteiger partial charge >= 0.3 is 12.4 Å². The van der Waals surface area contributed by atoms with Gasteiger partial charge in [-0.3, -0.25) is 15.2 Å². The number of halogens is 7. The largest absolute Gasteiger partial charge is 0.432 e. The monoisotopic (exact) mass is 512 g/mol. The van der Waals surface area contributed by atoms with E-state index in [0.717, 1.165) is 12.3 Å². The van der Waals surface area contributed by atoms with Crippen LogP contribution in [0.5, 0.6) is 0 Å². The summed E-state index contributed by atoms with van der Waals surface area (Å²) in [7, 11) is 0. The Morgan fingerprint density at radius 1 is 0.886 bits per heavy atom. The van der Waals surface area contributed by atoms with Crippen LogP contribution in [0.3, 0.4) is 0 Å². The SMILES string of the molecule is N=C(/C=C(\Nc1ccccc1Cl)c1ccc(C(=O)Nc2ccncc2C(F)(F)F)cc1)C(F)(F)F. The number of rotatable bonds is 6. The molecule has 3 rings (SSSR count). The normalized spacial score (nSPS) is 12.3. The third kappa shape index (κ3) is 6.60. The molecule has 1 aromatic heterocycles. The molecular formula is C23H15ClF6N4O. The highest BCUT2D eigenvalue weighted by Crippen LogP contribution is 2.34. The van der Waals surface area contributed by atoms with Crippen molar-refractivity contribution in [1.82, 2.24) is 4.98 Å². The van der Waals surface area contributed by atoms with E-state index in [2.05, 4.69) is 15.6 Å². The summed E-state index contributed by atoms with van der Waals surface area (Å²) in [6, 6.07) is 12.2. The van der Waals surface area contributed by atoms with Gasteiger partial charge in [0.25, 0.3) is 5.91 Å². The van der Waals surface area contributed by atoms with Gasteiger partial charge in [0.05, 0.1) is 22.0 Å². The van der Waals surface area contributed by atoms with Gasteiger partial charge in [-0.15, -0.1) is 0 Å². The van der Waals surface area contributed by atoms with E-state index < -0.39 is 35.2 Å². The van der Waals surface area contributed by atoms with E-state index in [-0.39, 0.29) is 27.5 Å². The number of carbonyl (C=O) groups excluding carboxylic acids is 1. The molecule has 0 atom stereocenters. The van der Waals surface area contributed by atoms with Crippen LogP contribution in [0.1, 0.15) is 21.5 Å². The number of nitrogens with one attached hydrogen (secondary N) is 3. The lowest BCUT2D eigenvalue weighted by atomic mass is 10.1. The molecule has 182 valence electrons. The Labute approximate surface area is 200 Å². The zero-order valence-corrected chi connectivity index (χ0v) is 18.2. The molecule has 2 aromatic carbocycles. The van der Waals surface area contributed by atoms with Crippen molar-refractivity contribution in [2.24, 2.45) is 0 Å². The average Bonchev–Trinajstić information content (AvgIpc) is 2.79. The van der Waals surface area contributed by atoms with Crippen LogP contribution in [-0.2, 0) is 6.18 Å². The zero-order chi connectivity index (χ0) is 25.8. The van der Waals surface area contributed by atoms with Crippen molar-refractivity contribution in [3.63, 3.8) is 0 Å². The van der Waals surface area contributed by atoms with E-state index in [9.17, 15) is 31.1 Å². The number of amides is 1. The smallest absolute Gasteiger partial charge is 0.354 e. The van der Waals surface area contributed by atoms with Crippen LogP contribution in [0.2, 0.25) is 5.02 Å². The molecule has 0 radical (unpaired) electrons. The molecule has 0 saturated heterocycles. The van der Waals surface area contributed by atoms with Crippen LogP contribution in [-0.4, -0.2) is 22.8 Å².